The lowest BCUT2D eigenvalue weighted by Gasteiger charge is -2.28. The quantitative estimate of drug-likeness (QED) is 0.901. The molecule has 0 radical (unpaired) electrons. The Balaban J connectivity index is 2.03. The number of hydrogen-bond acceptors (Lipinski definition) is 3. The van der Waals surface area contributed by atoms with Gasteiger partial charge in [0.1, 0.15) is 0 Å². The summed E-state index contributed by atoms with van der Waals surface area (Å²) in [5.74, 6) is 0. The third-order valence-electron chi connectivity index (χ3n) is 3.50. The van der Waals surface area contributed by atoms with E-state index in [2.05, 4.69) is 10.3 Å². The van der Waals surface area contributed by atoms with Crippen molar-refractivity contribution in [1.82, 2.24) is 15.2 Å². The number of urea groups is 1. The molecule has 0 saturated heterocycles. The van der Waals surface area contributed by atoms with Crippen LogP contribution in [0.3, 0.4) is 0 Å². The summed E-state index contributed by atoms with van der Waals surface area (Å²) in [6, 6.07) is 10.0. The number of benzene rings is 1. The number of nitrogens with one attached hydrogen (secondary N) is 1. The van der Waals surface area contributed by atoms with Crippen LogP contribution in [0.2, 0.25) is 0 Å². The molecule has 1 N–H and O–H groups in total. The van der Waals surface area contributed by atoms with Crippen LogP contribution in [0.5, 0.6) is 0 Å². The van der Waals surface area contributed by atoms with Gasteiger partial charge in [0.2, 0.25) is 0 Å². The molecular formula is C17H23N3OS. The van der Waals surface area contributed by atoms with Gasteiger partial charge >= 0.3 is 6.03 Å². The molecular weight excluding hydrogens is 294 g/mol. The normalized spacial score (nSPS) is 12.2. The molecule has 0 aliphatic heterocycles. The van der Waals surface area contributed by atoms with E-state index in [-0.39, 0.29) is 18.1 Å². The molecule has 0 aliphatic rings. The minimum absolute atomic E-state index is 0.0583. The summed E-state index contributed by atoms with van der Waals surface area (Å²) in [5, 5.41) is 6.05. The van der Waals surface area contributed by atoms with Gasteiger partial charge in [0.25, 0.3) is 0 Å². The average Bonchev–Trinajstić information content (AvgIpc) is 2.92. The molecule has 0 aliphatic carbocycles. The summed E-state index contributed by atoms with van der Waals surface area (Å²) in [7, 11) is 0. The number of carbonyl (C=O) groups is 1. The molecule has 1 atom stereocenters. The predicted octanol–water partition coefficient (Wildman–Crippen LogP) is 4.13. The molecule has 0 unspecified atom stereocenters. The van der Waals surface area contributed by atoms with E-state index in [1.807, 2.05) is 68.3 Å². The highest BCUT2D eigenvalue weighted by molar-refractivity contribution is 7.09. The van der Waals surface area contributed by atoms with Crippen molar-refractivity contribution in [2.75, 3.05) is 0 Å². The number of aromatic nitrogens is 1. The van der Waals surface area contributed by atoms with Gasteiger partial charge in [-0.2, -0.15) is 0 Å². The lowest BCUT2D eigenvalue weighted by molar-refractivity contribution is 0.176. The van der Waals surface area contributed by atoms with E-state index in [1.165, 1.54) is 0 Å². The SMILES string of the molecule is Cc1nc([C@H](C)NC(=O)N(Cc2ccccc2)C(C)C)cs1. The van der Waals surface area contributed by atoms with Crippen molar-refractivity contribution in [3.63, 3.8) is 0 Å². The first-order chi connectivity index (χ1) is 10.5. The van der Waals surface area contributed by atoms with Crippen molar-refractivity contribution in [2.45, 2.75) is 46.3 Å². The van der Waals surface area contributed by atoms with E-state index in [0.29, 0.717) is 6.54 Å². The maximum atomic E-state index is 12.6. The molecule has 2 rings (SSSR count). The number of hydrogen-bond donors (Lipinski definition) is 1. The molecule has 4 nitrogen and oxygen atoms in total. The lowest BCUT2D eigenvalue weighted by atomic mass is 10.2. The van der Waals surface area contributed by atoms with Gasteiger partial charge in [0.15, 0.2) is 0 Å². The molecule has 118 valence electrons. The number of aryl methyl sites for hydroxylation is 1. The molecule has 22 heavy (non-hydrogen) atoms. The maximum absolute atomic E-state index is 12.6. The number of thiazole rings is 1. The number of nitrogens with zero attached hydrogens (tertiary/aromatic N) is 2. The fourth-order valence-electron chi connectivity index (χ4n) is 2.19. The van der Waals surface area contributed by atoms with Crippen LogP contribution in [-0.4, -0.2) is 22.0 Å². The van der Waals surface area contributed by atoms with E-state index in [0.717, 1.165) is 16.3 Å². The van der Waals surface area contributed by atoms with Gasteiger partial charge < -0.3 is 10.2 Å². The van der Waals surface area contributed by atoms with Crippen LogP contribution < -0.4 is 5.32 Å². The molecule has 2 amide bonds. The van der Waals surface area contributed by atoms with Crippen LogP contribution in [0, 0.1) is 6.92 Å². The third-order valence-corrected chi connectivity index (χ3v) is 4.29. The first-order valence-corrected chi connectivity index (χ1v) is 8.38. The molecule has 5 heteroatoms. The van der Waals surface area contributed by atoms with Crippen LogP contribution in [0.15, 0.2) is 35.7 Å². The van der Waals surface area contributed by atoms with Gasteiger partial charge in [0, 0.05) is 18.0 Å². The zero-order chi connectivity index (χ0) is 16.1. The van der Waals surface area contributed by atoms with Crippen molar-refractivity contribution in [2.24, 2.45) is 0 Å². The standard InChI is InChI=1S/C17H23N3OS/c1-12(2)20(10-15-8-6-5-7-9-15)17(21)18-13(3)16-11-22-14(4)19-16/h5-9,11-13H,10H2,1-4H3,(H,18,21)/t13-/m0/s1. The van der Waals surface area contributed by atoms with Gasteiger partial charge in [-0.15, -0.1) is 11.3 Å². The van der Waals surface area contributed by atoms with E-state index in [9.17, 15) is 4.79 Å². The van der Waals surface area contributed by atoms with Crippen molar-refractivity contribution in [1.29, 1.82) is 0 Å². The van der Waals surface area contributed by atoms with Gasteiger partial charge in [0.05, 0.1) is 16.7 Å². The molecule has 0 bridgehead atoms. The Morgan fingerprint density at radius 1 is 1.27 bits per heavy atom. The minimum Gasteiger partial charge on any atom is -0.330 e. The lowest BCUT2D eigenvalue weighted by Crippen LogP contribution is -2.44. The van der Waals surface area contributed by atoms with Crippen molar-refractivity contribution in [3.05, 3.63) is 52.0 Å². The van der Waals surface area contributed by atoms with Crippen molar-refractivity contribution < 1.29 is 4.79 Å². The predicted molar refractivity (Wildman–Crippen MR) is 90.9 cm³/mol. The highest BCUT2D eigenvalue weighted by Gasteiger charge is 2.20. The Morgan fingerprint density at radius 2 is 1.95 bits per heavy atom. The fraction of sp³-hybridized carbons (Fsp3) is 0.412. The van der Waals surface area contributed by atoms with Gasteiger partial charge in [-0.05, 0) is 33.3 Å². The summed E-state index contributed by atoms with van der Waals surface area (Å²) in [6.45, 7) is 8.60. The molecule has 1 aromatic heterocycles. The van der Waals surface area contributed by atoms with E-state index >= 15 is 0 Å². The maximum Gasteiger partial charge on any atom is 0.318 e. The topological polar surface area (TPSA) is 45.2 Å². The van der Waals surface area contributed by atoms with Gasteiger partial charge in [-0.3, -0.25) is 0 Å². The minimum atomic E-state index is -0.0885. The van der Waals surface area contributed by atoms with Crippen molar-refractivity contribution >= 4 is 17.4 Å². The molecule has 0 spiro atoms. The third kappa shape index (κ3) is 4.31. The highest BCUT2D eigenvalue weighted by Crippen LogP contribution is 2.17. The number of carbonyl (C=O) groups excluding carboxylic acids is 1. The summed E-state index contributed by atoms with van der Waals surface area (Å²) in [5.41, 5.74) is 2.04. The highest BCUT2D eigenvalue weighted by atomic mass is 32.1. The van der Waals surface area contributed by atoms with Gasteiger partial charge in [-0.25, -0.2) is 9.78 Å². The summed E-state index contributed by atoms with van der Waals surface area (Å²) >= 11 is 1.60. The van der Waals surface area contributed by atoms with Crippen LogP contribution in [-0.2, 0) is 6.54 Å². The summed E-state index contributed by atoms with van der Waals surface area (Å²) in [6.07, 6.45) is 0. The second kappa shape index (κ2) is 7.40. The zero-order valence-electron chi connectivity index (χ0n) is 13.5. The Labute approximate surface area is 136 Å². The van der Waals surface area contributed by atoms with Gasteiger partial charge in [-0.1, -0.05) is 30.3 Å². The van der Waals surface area contributed by atoms with Crippen LogP contribution >= 0.6 is 11.3 Å². The van der Waals surface area contributed by atoms with Crippen LogP contribution in [0.25, 0.3) is 0 Å². The average molecular weight is 317 g/mol. The summed E-state index contributed by atoms with van der Waals surface area (Å²) < 4.78 is 0. The molecule has 1 aromatic carbocycles. The second-order valence-electron chi connectivity index (χ2n) is 5.67. The Bertz CT molecular complexity index is 609. The molecule has 0 fully saturated rings. The molecule has 1 heterocycles. The first-order valence-electron chi connectivity index (χ1n) is 7.50. The fourth-order valence-corrected chi connectivity index (χ4v) is 2.90. The van der Waals surface area contributed by atoms with E-state index in [1.54, 1.807) is 11.3 Å². The van der Waals surface area contributed by atoms with E-state index in [4.69, 9.17) is 0 Å². The molecule has 0 saturated carbocycles. The van der Waals surface area contributed by atoms with Crippen LogP contribution in [0.1, 0.15) is 43.1 Å². The smallest absolute Gasteiger partial charge is 0.318 e. The summed E-state index contributed by atoms with van der Waals surface area (Å²) in [4.78, 5) is 18.8. The largest absolute Gasteiger partial charge is 0.330 e. The Hall–Kier alpha value is -1.88. The molecule has 2 aromatic rings. The van der Waals surface area contributed by atoms with E-state index < -0.39 is 0 Å². The number of amides is 2. The Kier molecular flexibility index (Phi) is 5.55. The number of rotatable bonds is 5. The first kappa shape index (κ1) is 16.5. The zero-order valence-corrected chi connectivity index (χ0v) is 14.4. The monoisotopic (exact) mass is 317 g/mol. The Morgan fingerprint density at radius 3 is 2.50 bits per heavy atom. The van der Waals surface area contributed by atoms with Crippen molar-refractivity contribution in [3.8, 4) is 0 Å². The second-order valence-corrected chi connectivity index (χ2v) is 6.73. The van der Waals surface area contributed by atoms with Crippen LogP contribution in [0.4, 0.5) is 4.79 Å².